The van der Waals surface area contributed by atoms with Crippen LogP contribution >= 0.6 is 23.2 Å². The molecule has 0 radical (unpaired) electrons. The largest absolute Gasteiger partial charge is 0.273 e. The minimum Gasteiger partial charge on any atom is -0.273 e. The molecule has 0 atom stereocenters. The van der Waals surface area contributed by atoms with Gasteiger partial charge in [0.2, 0.25) is 5.91 Å². The van der Waals surface area contributed by atoms with Crippen molar-refractivity contribution < 1.29 is 4.79 Å². The first-order valence-corrected chi connectivity index (χ1v) is 8.16. The third-order valence-electron chi connectivity index (χ3n) is 3.10. The summed E-state index contributed by atoms with van der Waals surface area (Å²) in [6.07, 6.45) is 9.07. The van der Waals surface area contributed by atoms with Gasteiger partial charge in [0, 0.05) is 6.42 Å². The summed E-state index contributed by atoms with van der Waals surface area (Å²) in [6, 6.07) is 5.19. The number of nitrogens with one attached hydrogen (secondary N) is 1. The summed E-state index contributed by atoms with van der Waals surface area (Å²) in [7, 11) is 0. The lowest BCUT2D eigenvalue weighted by Gasteiger charge is -2.01. The SMILES string of the molecule is CCCCCCCCC(=O)N/N=C/c1ccc(Cl)c(Cl)c1. The molecule has 5 heteroatoms. The van der Waals surface area contributed by atoms with Crippen molar-refractivity contribution in [2.75, 3.05) is 0 Å². The highest BCUT2D eigenvalue weighted by molar-refractivity contribution is 6.42. The number of unbranched alkanes of at least 4 members (excludes halogenated alkanes) is 5. The maximum Gasteiger partial charge on any atom is 0.240 e. The van der Waals surface area contributed by atoms with Gasteiger partial charge in [-0.3, -0.25) is 4.79 Å². The number of rotatable bonds is 9. The van der Waals surface area contributed by atoms with Crippen molar-refractivity contribution in [2.24, 2.45) is 5.10 Å². The quantitative estimate of drug-likeness (QED) is 0.378. The van der Waals surface area contributed by atoms with Crippen LogP contribution in [-0.2, 0) is 4.79 Å². The van der Waals surface area contributed by atoms with Gasteiger partial charge in [0.05, 0.1) is 16.3 Å². The smallest absolute Gasteiger partial charge is 0.240 e. The number of hydrazone groups is 1. The Morgan fingerprint density at radius 1 is 1.14 bits per heavy atom. The van der Waals surface area contributed by atoms with Gasteiger partial charge in [-0.15, -0.1) is 0 Å². The Morgan fingerprint density at radius 3 is 2.57 bits per heavy atom. The van der Waals surface area contributed by atoms with E-state index in [0.717, 1.165) is 18.4 Å². The van der Waals surface area contributed by atoms with Crippen LogP contribution in [0.25, 0.3) is 0 Å². The van der Waals surface area contributed by atoms with Crippen LogP contribution in [0.5, 0.6) is 0 Å². The predicted molar refractivity (Wildman–Crippen MR) is 90.2 cm³/mol. The van der Waals surface area contributed by atoms with Gasteiger partial charge in [0.25, 0.3) is 0 Å². The molecule has 0 aromatic heterocycles. The molecule has 0 saturated carbocycles. The standard InChI is InChI=1S/C16H22Cl2N2O/c1-2-3-4-5-6-7-8-16(21)20-19-12-13-9-10-14(17)15(18)11-13/h9-12H,2-8H2,1H3,(H,20,21)/b19-12+. The lowest BCUT2D eigenvalue weighted by atomic mass is 10.1. The van der Waals surface area contributed by atoms with Gasteiger partial charge in [-0.2, -0.15) is 5.10 Å². The van der Waals surface area contributed by atoms with Gasteiger partial charge >= 0.3 is 0 Å². The molecule has 3 nitrogen and oxygen atoms in total. The summed E-state index contributed by atoms with van der Waals surface area (Å²) >= 11 is 11.7. The zero-order chi connectivity index (χ0) is 15.5. The molecule has 0 bridgehead atoms. The van der Waals surface area contributed by atoms with Gasteiger partial charge in [-0.25, -0.2) is 5.43 Å². The Hall–Kier alpha value is -1.06. The van der Waals surface area contributed by atoms with E-state index in [-0.39, 0.29) is 5.91 Å². The minimum absolute atomic E-state index is 0.0539. The normalized spacial score (nSPS) is 11.0. The molecule has 0 fully saturated rings. The van der Waals surface area contributed by atoms with Gasteiger partial charge in [0.1, 0.15) is 0 Å². The lowest BCUT2D eigenvalue weighted by Crippen LogP contribution is -2.16. The van der Waals surface area contributed by atoms with Gasteiger partial charge in [-0.05, 0) is 24.1 Å². The van der Waals surface area contributed by atoms with Crippen molar-refractivity contribution in [2.45, 2.75) is 51.9 Å². The van der Waals surface area contributed by atoms with E-state index in [1.165, 1.54) is 25.7 Å². The van der Waals surface area contributed by atoms with Crippen molar-refractivity contribution in [1.29, 1.82) is 0 Å². The third-order valence-corrected chi connectivity index (χ3v) is 3.84. The Balaban J connectivity index is 2.20. The van der Waals surface area contributed by atoms with Crippen LogP contribution in [0.2, 0.25) is 10.0 Å². The number of benzene rings is 1. The molecular weight excluding hydrogens is 307 g/mol. The molecule has 0 saturated heterocycles. The number of nitrogens with zero attached hydrogens (tertiary/aromatic N) is 1. The van der Waals surface area contributed by atoms with Crippen molar-refractivity contribution in [3.63, 3.8) is 0 Å². The van der Waals surface area contributed by atoms with Crippen molar-refractivity contribution >= 4 is 35.3 Å². The Bertz CT molecular complexity index is 475. The molecule has 0 unspecified atom stereocenters. The molecule has 1 aromatic rings. The van der Waals surface area contributed by atoms with E-state index in [4.69, 9.17) is 23.2 Å². The van der Waals surface area contributed by atoms with E-state index in [1.54, 1.807) is 24.4 Å². The number of carbonyl (C=O) groups excluding carboxylic acids is 1. The van der Waals surface area contributed by atoms with Gasteiger partial charge in [0.15, 0.2) is 0 Å². The van der Waals surface area contributed by atoms with Crippen LogP contribution in [0.1, 0.15) is 57.4 Å². The molecular formula is C16H22Cl2N2O. The summed E-state index contributed by atoms with van der Waals surface area (Å²) in [6.45, 7) is 2.19. The Morgan fingerprint density at radius 2 is 1.86 bits per heavy atom. The first-order chi connectivity index (χ1) is 10.1. The van der Waals surface area contributed by atoms with E-state index in [2.05, 4.69) is 17.5 Å². The lowest BCUT2D eigenvalue weighted by molar-refractivity contribution is -0.121. The number of hydrogen-bond acceptors (Lipinski definition) is 2. The third kappa shape index (κ3) is 8.08. The summed E-state index contributed by atoms with van der Waals surface area (Å²) in [5.74, 6) is -0.0539. The fourth-order valence-corrected chi connectivity index (χ4v) is 2.20. The van der Waals surface area contributed by atoms with Gasteiger partial charge < -0.3 is 0 Å². The van der Waals surface area contributed by atoms with E-state index in [0.29, 0.717) is 16.5 Å². The molecule has 1 amide bonds. The van der Waals surface area contributed by atoms with Crippen LogP contribution in [-0.4, -0.2) is 12.1 Å². The van der Waals surface area contributed by atoms with Crippen LogP contribution in [0.15, 0.2) is 23.3 Å². The minimum atomic E-state index is -0.0539. The Kier molecular flexibility index (Phi) is 9.11. The molecule has 1 N–H and O–H groups in total. The highest BCUT2D eigenvalue weighted by atomic mass is 35.5. The first kappa shape index (κ1) is 18.0. The summed E-state index contributed by atoms with van der Waals surface area (Å²) < 4.78 is 0. The molecule has 0 spiro atoms. The number of halogens is 2. The highest BCUT2D eigenvalue weighted by Crippen LogP contribution is 2.21. The topological polar surface area (TPSA) is 41.5 Å². The monoisotopic (exact) mass is 328 g/mol. The first-order valence-electron chi connectivity index (χ1n) is 7.40. The second kappa shape index (κ2) is 10.6. The van der Waals surface area contributed by atoms with Crippen molar-refractivity contribution in [3.8, 4) is 0 Å². The summed E-state index contributed by atoms with van der Waals surface area (Å²) in [4.78, 5) is 11.6. The molecule has 0 heterocycles. The van der Waals surface area contributed by atoms with E-state index < -0.39 is 0 Å². The van der Waals surface area contributed by atoms with Crippen molar-refractivity contribution in [3.05, 3.63) is 33.8 Å². The number of hydrogen-bond donors (Lipinski definition) is 1. The molecule has 0 aliphatic rings. The predicted octanol–water partition coefficient (Wildman–Crippen LogP) is 5.19. The molecule has 1 aromatic carbocycles. The van der Waals surface area contributed by atoms with Crippen LogP contribution in [0, 0.1) is 0 Å². The van der Waals surface area contributed by atoms with Crippen LogP contribution in [0.4, 0.5) is 0 Å². The van der Waals surface area contributed by atoms with Crippen molar-refractivity contribution in [1.82, 2.24) is 5.43 Å². The number of amides is 1. The fourth-order valence-electron chi connectivity index (χ4n) is 1.89. The Labute approximate surface area is 136 Å². The maximum atomic E-state index is 11.6. The molecule has 21 heavy (non-hydrogen) atoms. The van der Waals surface area contributed by atoms with Gasteiger partial charge in [-0.1, -0.05) is 68.3 Å². The summed E-state index contributed by atoms with van der Waals surface area (Å²) in [5, 5.41) is 4.89. The molecule has 1 rings (SSSR count). The number of carbonyl (C=O) groups is 1. The molecule has 0 aliphatic carbocycles. The maximum absolute atomic E-state index is 11.6. The highest BCUT2D eigenvalue weighted by Gasteiger charge is 2.00. The second-order valence-electron chi connectivity index (χ2n) is 4.98. The average molecular weight is 329 g/mol. The average Bonchev–Trinajstić information content (AvgIpc) is 2.46. The fraction of sp³-hybridized carbons (Fsp3) is 0.500. The zero-order valence-electron chi connectivity index (χ0n) is 12.4. The molecule has 116 valence electrons. The summed E-state index contributed by atoms with van der Waals surface area (Å²) in [5.41, 5.74) is 3.32. The van der Waals surface area contributed by atoms with Crippen LogP contribution < -0.4 is 5.43 Å². The molecule has 0 aliphatic heterocycles. The van der Waals surface area contributed by atoms with E-state index >= 15 is 0 Å². The van der Waals surface area contributed by atoms with Crippen LogP contribution in [0.3, 0.4) is 0 Å². The van der Waals surface area contributed by atoms with E-state index in [1.807, 2.05) is 0 Å². The zero-order valence-corrected chi connectivity index (χ0v) is 13.9. The van der Waals surface area contributed by atoms with E-state index in [9.17, 15) is 4.79 Å². The second-order valence-corrected chi connectivity index (χ2v) is 5.80.